The molecule has 1 unspecified atom stereocenters. The van der Waals surface area contributed by atoms with Crippen LogP contribution < -0.4 is 5.32 Å². The third-order valence-electron chi connectivity index (χ3n) is 2.89. The smallest absolute Gasteiger partial charge is 0.251 e. The second-order valence-corrected chi connectivity index (χ2v) is 5.62. The lowest BCUT2D eigenvalue weighted by Crippen LogP contribution is -2.41. The lowest BCUT2D eigenvalue weighted by Gasteiger charge is -2.23. The van der Waals surface area contributed by atoms with Crippen LogP contribution in [0.2, 0.25) is 0 Å². The standard InChI is InChI=1S/C14H21IN2O/c1-4-17(5-2)10-11(3)16-14(18)12-7-6-8-13(15)9-12/h6-9,11H,4-5,10H2,1-3H3,(H,16,18). The third-order valence-corrected chi connectivity index (χ3v) is 3.56. The van der Waals surface area contributed by atoms with E-state index < -0.39 is 0 Å². The predicted molar refractivity (Wildman–Crippen MR) is 83.9 cm³/mol. The zero-order valence-corrected chi connectivity index (χ0v) is 13.4. The Morgan fingerprint density at radius 3 is 2.61 bits per heavy atom. The fourth-order valence-electron chi connectivity index (χ4n) is 1.85. The van der Waals surface area contributed by atoms with E-state index in [1.807, 2.05) is 31.2 Å². The van der Waals surface area contributed by atoms with E-state index in [1.54, 1.807) is 0 Å². The van der Waals surface area contributed by atoms with E-state index in [2.05, 4.69) is 46.7 Å². The predicted octanol–water partition coefficient (Wildman–Crippen LogP) is 2.75. The first-order valence-electron chi connectivity index (χ1n) is 6.35. The van der Waals surface area contributed by atoms with E-state index in [0.717, 1.165) is 28.8 Å². The Hall–Kier alpha value is -0.620. The topological polar surface area (TPSA) is 32.3 Å². The van der Waals surface area contributed by atoms with Gasteiger partial charge in [-0.2, -0.15) is 0 Å². The highest BCUT2D eigenvalue weighted by molar-refractivity contribution is 14.1. The van der Waals surface area contributed by atoms with Gasteiger partial charge >= 0.3 is 0 Å². The summed E-state index contributed by atoms with van der Waals surface area (Å²) in [5.41, 5.74) is 0.730. The molecule has 1 rings (SSSR count). The van der Waals surface area contributed by atoms with E-state index in [9.17, 15) is 4.79 Å². The third kappa shape index (κ3) is 4.94. The molecule has 18 heavy (non-hydrogen) atoms. The van der Waals surface area contributed by atoms with Gasteiger partial charge in [-0.05, 0) is 60.8 Å². The van der Waals surface area contributed by atoms with Gasteiger partial charge in [0.2, 0.25) is 0 Å². The number of carbonyl (C=O) groups is 1. The quantitative estimate of drug-likeness (QED) is 0.792. The molecule has 0 saturated heterocycles. The number of rotatable bonds is 6. The maximum Gasteiger partial charge on any atom is 0.251 e. The van der Waals surface area contributed by atoms with Crippen LogP contribution in [0.25, 0.3) is 0 Å². The molecule has 0 saturated carbocycles. The highest BCUT2D eigenvalue weighted by Crippen LogP contribution is 2.08. The molecule has 0 aliphatic carbocycles. The summed E-state index contributed by atoms with van der Waals surface area (Å²) < 4.78 is 1.08. The van der Waals surface area contributed by atoms with Crippen LogP contribution in [0, 0.1) is 3.57 Å². The fourth-order valence-corrected chi connectivity index (χ4v) is 2.39. The molecule has 0 aliphatic heterocycles. The SMILES string of the molecule is CCN(CC)CC(C)NC(=O)c1cccc(I)c1. The van der Waals surface area contributed by atoms with Crippen molar-refractivity contribution in [3.05, 3.63) is 33.4 Å². The first kappa shape index (κ1) is 15.4. The highest BCUT2D eigenvalue weighted by atomic mass is 127. The molecular formula is C14H21IN2O. The van der Waals surface area contributed by atoms with Gasteiger partial charge in [0.1, 0.15) is 0 Å². The molecule has 1 amide bonds. The Kier molecular flexibility index (Phi) is 6.63. The van der Waals surface area contributed by atoms with E-state index in [-0.39, 0.29) is 11.9 Å². The molecule has 1 N–H and O–H groups in total. The van der Waals surface area contributed by atoms with E-state index in [0.29, 0.717) is 0 Å². The molecule has 0 bridgehead atoms. The maximum atomic E-state index is 12.0. The summed E-state index contributed by atoms with van der Waals surface area (Å²) in [5.74, 6) is 0.00757. The van der Waals surface area contributed by atoms with Crippen molar-refractivity contribution in [2.45, 2.75) is 26.8 Å². The van der Waals surface area contributed by atoms with Crippen LogP contribution in [0.15, 0.2) is 24.3 Å². The van der Waals surface area contributed by atoms with Crippen molar-refractivity contribution < 1.29 is 4.79 Å². The van der Waals surface area contributed by atoms with E-state index in [4.69, 9.17) is 0 Å². The summed E-state index contributed by atoms with van der Waals surface area (Å²) >= 11 is 2.22. The number of carbonyl (C=O) groups excluding carboxylic acids is 1. The van der Waals surface area contributed by atoms with Gasteiger partial charge in [-0.15, -0.1) is 0 Å². The zero-order chi connectivity index (χ0) is 13.5. The van der Waals surface area contributed by atoms with E-state index in [1.165, 1.54) is 0 Å². The zero-order valence-electron chi connectivity index (χ0n) is 11.2. The minimum atomic E-state index is 0.00757. The van der Waals surface area contributed by atoms with Crippen LogP contribution in [-0.2, 0) is 0 Å². The van der Waals surface area contributed by atoms with Crippen molar-refractivity contribution in [1.29, 1.82) is 0 Å². The Morgan fingerprint density at radius 1 is 1.39 bits per heavy atom. The minimum absolute atomic E-state index is 0.00757. The second kappa shape index (κ2) is 7.74. The number of likely N-dealkylation sites (N-methyl/N-ethyl adjacent to an activating group) is 1. The molecule has 0 radical (unpaired) electrons. The first-order valence-corrected chi connectivity index (χ1v) is 7.43. The highest BCUT2D eigenvalue weighted by Gasteiger charge is 2.12. The molecule has 3 nitrogen and oxygen atoms in total. The van der Waals surface area contributed by atoms with E-state index >= 15 is 0 Å². The number of hydrogen-bond acceptors (Lipinski definition) is 2. The second-order valence-electron chi connectivity index (χ2n) is 4.37. The molecule has 4 heteroatoms. The summed E-state index contributed by atoms with van der Waals surface area (Å²) in [6.07, 6.45) is 0. The van der Waals surface area contributed by atoms with Gasteiger partial charge in [0.25, 0.3) is 5.91 Å². The summed E-state index contributed by atoms with van der Waals surface area (Å²) in [5, 5.41) is 3.04. The Labute approximate surface area is 123 Å². The molecule has 0 heterocycles. The Bertz CT molecular complexity index is 391. The van der Waals surface area contributed by atoms with Gasteiger partial charge in [-0.1, -0.05) is 19.9 Å². The summed E-state index contributed by atoms with van der Waals surface area (Å²) in [7, 11) is 0. The molecule has 1 aromatic carbocycles. The number of halogens is 1. The molecule has 0 aromatic heterocycles. The summed E-state index contributed by atoms with van der Waals surface area (Å²) in [6, 6.07) is 7.81. The molecule has 0 fully saturated rings. The molecular weight excluding hydrogens is 339 g/mol. The van der Waals surface area contributed by atoms with Crippen LogP contribution in [-0.4, -0.2) is 36.5 Å². The fraction of sp³-hybridized carbons (Fsp3) is 0.500. The Balaban J connectivity index is 2.54. The first-order chi connectivity index (χ1) is 8.56. The minimum Gasteiger partial charge on any atom is -0.348 e. The lowest BCUT2D eigenvalue weighted by molar-refractivity contribution is 0.0930. The molecule has 0 spiro atoms. The van der Waals surface area contributed by atoms with Crippen LogP contribution >= 0.6 is 22.6 Å². The Morgan fingerprint density at radius 2 is 2.06 bits per heavy atom. The number of hydrogen-bond donors (Lipinski definition) is 1. The van der Waals surface area contributed by atoms with Gasteiger partial charge in [0.15, 0.2) is 0 Å². The largest absolute Gasteiger partial charge is 0.348 e. The average Bonchev–Trinajstić information content (AvgIpc) is 2.35. The molecule has 0 aliphatic rings. The van der Waals surface area contributed by atoms with Gasteiger partial charge in [-0.3, -0.25) is 4.79 Å². The van der Waals surface area contributed by atoms with Gasteiger partial charge < -0.3 is 10.2 Å². The van der Waals surface area contributed by atoms with Crippen molar-refractivity contribution in [3.63, 3.8) is 0 Å². The van der Waals surface area contributed by atoms with Gasteiger partial charge in [0, 0.05) is 21.7 Å². The van der Waals surface area contributed by atoms with Crippen LogP contribution in [0.5, 0.6) is 0 Å². The lowest BCUT2D eigenvalue weighted by atomic mass is 10.2. The van der Waals surface area contributed by atoms with Crippen molar-refractivity contribution >= 4 is 28.5 Å². The average molecular weight is 360 g/mol. The normalized spacial score (nSPS) is 12.5. The number of benzene rings is 1. The van der Waals surface area contributed by atoms with Gasteiger partial charge in [-0.25, -0.2) is 0 Å². The van der Waals surface area contributed by atoms with Crippen LogP contribution in [0.3, 0.4) is 0 Å². The summed E-state index contributed by atoms with van der Waals surface area (Å²) in [4.78, 5) is 14.3. The number of nitrogens with one attached hydrogen (secondary N) is 1. The van der Waals surface area contributed by atoms with Crippen LogP contribution in [0.4, 0.5) is 0 Å². The molecule has 1 aromatic rings. The maximum absolute atomic E-state index is 12.0. The summed E-state index contributed by atoms with van der Waals surface area (Å²) in [6.45, 7) is 9.24. The molecule has 100 valence electrons. The molecule has 1 atom stereocenters. The van der Waals surface area contributed by atoms with Crippen LogP contribution in [0.1, 0.15) is 31.1 Å². The number of amides is 1. The monoisotopic (exact) mass is 360 g/mol. The van der Waals surface area contributed by atoms with Crippen molar-refractivity contribution in [3.8, 4) is 0 Å². The van der Waals surface area contributed by atoms with Crippen molar-refractivity contribution in [2.75, 3.05) is 19.6 Å². The van der Waals surface area contributed by atoms with Crippen molar-refractivity contribution in [1.82, 2.24) is 10.2 Å². The number of nitrogens with zero attached hydrogens (tertiary/aromatic N) is 1. The van der Waals surface area contributed by atoms with Crippen molar-refractivity contribution in [2.24, 2.45) is 0 Å². The van der Waals surface area contributed by atoms with Gasteiger partial charge in [0.05, 0.1) is 0 Å².